The van der Waals surface area contributed by atoms with Crippen molar-refractivity contribution in [2.24, 2.45) is 0 Å². The maximum absolute atomic E-state index is 11.8. The van der Waals surface area contributed by atoms with Gasteiger partial charge in [-0.1, -0.05) is 0 Å². The van der Waals surface area contributed by atoms with Crippen LogP contribution in [0.2, 0.25) is 0 Å². The lowest BCUT2D eigenvalue weighted by atomic mass is 10.3. The normalized spacial score (nSPS) is 11.4. The van der Waals surface area contributed by atoms with Gasteiger partial charge in [-0.3, -0.25) is 9.78 Å². The van der Waals surface area contributed by atoms with Crippen LogP contribution in [-0.4, -0.2) is 37.3 Å². The van der Waals surface area contributed by atoms with Crippen molar-refractivity contribution in [3.63, 3.8) is 0 Å². The minimum atomic E-state index is -4.38. The number of halogens is 3. The SMILES string of the molecule is CN(C(=O)CCOCC(F)(F)F)c1ccncc1N. The van der Waals surface area contributed by atoms with E-state index in [0.717, 1.165) is 0 Å². The lowest BCUT2D eigenvalue weighted by Crippen LogP contribution is -2.28. The van der Waals surface area contributed by atoms with E-state index in [4.69, 9.17) is 5.73 Å². The predicted molar refractivity (Wildman–Crippen MR) is 63.6 cm³/mol. The van der Waals surface area contributed by atoms with Gasteiger partial charge in [0.05, 0.1) is 30.6 Å². The number of carbonyl (C=O) groups excluding carboxylic acids is 1. The fraction of sp³-hybridized carbons (Fsp3) is 0.455. The Balaban J connectivity index is 2.44. The molecule has 0 radical (unpaired) electrons. The zero-order chi connectivity index (χ0) is 14.5. The largest absolute Gasteiger partial charge is 0.411 e. The minimum absolute atomic E-state index is 0.158. The summed E-state index contributed by atoms with van der Waals surface area (Å²) in [7, 11) is 1.48. The van der Waals surface area contributed by atoms with E-state index >= 15 is 0 Å². The van der Waals surface area contributed by atoms with Gasteiger partial charge in [0.25, 0.3) is 0 Å². The Morgan fingerprint density at radius 1 is 1.53 bits per heavy atom. The fourth-order valence-corrected chi connectivity index (χ4v) is 1.35. The number of alkyl halides is 3. The van der Waals surface area contributed by atoms with Crippen molar-refractivity contribution < 1.29 is 22.7 Å². The second-order valence-electron chi connectivity index (χ2n) is 3.81. The second kappa shape index (κ2) is 6.37. The molecule has 0 atom stereocenters. The summed E-state index contributed by atoms with van der Waals surface area (Å²) in [6.07, 6.45) is -1.69. The van der Waals surface area contributed by atoms with E-state index in [-0.39, 0.29) is 18.9 Å². The molecule has 1 rings (SSSR count). The number of amides is 1. The van der Waals surface area contributed by atoms with E-state index < -0.39 is 12.8 Å². The van der Waals surface area contributed by atoms with Gasteiger partial charge in [0, 0.05) is 13.2 Å². The van der Waals surface area contributed by atoms with Crippen molar-refractivity contribution in [3.05, 3.63) is 18.5 Å². The van der Waals surface area contributed by atoms with Gasteiger partial charge in [0.1, 0.15) is 6.61 Å². The number of ether oxygens (including phenoxy) is 1. The smallest absolute Gasteiger partial charge is 0.396 e. The highest BCUT2D eigenvalue weighted by atomic mass is 19.4. The van der Waals surface area contributed by atoms with Gasteiger partial charge in [-0.25, -0.2) is 0 Å². The van der Waals surface area contributed by atoms with Crippen LogP contribution < -0.4 is 10.6 Å². The molecule has 1 aromatic heterocycles. The molecule has 1 aromatic rings. The van der Waals surface area contributed by atoms with E-state index in [1.807, 2.05) is 0 Å². The molecule has 5 nitrogen and oxygen atoms in total. The molecular formula is C11H14F3N3O2. The summed E-state index contributed by atoms with van der Waals surface area (Å²) in [5.41, 5.74) is 6.40. The second-order valence-corrected chi connectivity index (χ2v) is 3.81. The maximum atomic E-state index is 11.8. The number of nitrogen functional groups attached to an aromatic ring is 1. The van der Waals surface area contributed by atoms with Crippen molar-refractivity contribution in [2.45, 2.75) is 12.6 Å². The molecule has 1 amide bonds. The van der Waals surface area contributed by atoms with Crippen molar-refractivity contribution in [3.8, 4) is 0 Å². The Morgan fingerprint density at radius 3 is 2.79 bits per heavy atom. The lowest BCUT2D eigenvalue weighted by molar-refractivity contribution is -0.174. The van der Waals surface area contributed by atoms with Crippen LogP contribution in [0, 0.1) is 0 Å². The van der Waals surface area contributed by atoms with Gasteiger partial charge >= 0.3 is 6.18 Å². The first-order valence-corrected chi connectivity index (χ1v) is 5.42. The maximum Gasteiger partial charge on any atom is 0.411 e. The number of hydrogen-bond donors (Lipinski definition) is 1. The average molecular weight is 277 g/mol. The highest BCUT2D eigenvalue weighted by Crippen LogP contribution is 2.20. The van der Waals surface area contributed by atoms with E-state index in [1.165, 1.54) is 24.3 Å². The first-order chi connectivity index (χ1) is 8.81. The topological polar surface area (TPSA) is 68.5 Å². The molecule has 106 valence electrons. The standard InChI is InChI=1S/C11H14F3N3O2/c1-17(9-2-4-16-6-8(9)15)10(18)3-5-19-7-11(12,13)14/h2,4,6H,3,5,7,15H2,1H3. The van der Waals surface area contributed by atoms with Gasteiger partial charge in [-0.2, -0.15) is 13.2 Å². The average Bonchev–Trinajstić information content (AvgIpc) is 2.33. The zero-order valence-electron chi connectivity index (χ0n) is 10.3. The lowest BCUT2D eigenvalue weighted by Gasteiger charge is -2.18. The summed E-state index contributed by atoms with van der Waals surface area (Å²) >= 11 is 0. The van der Waals surface area contributed by atoms with Crippen LogP contribution >= 0.6 is 0 Å². The first-order valence-electron chi connectivity index (χ1n) is 5.42. The molecule has 0 aliphatic rings. The third-order valence-corrected chi connectivity index (χ3v) is 2.29. The van der Waals surface area contributed by atoms with E-state index in [9.17, 15) is 18.0 Å². The van der Waals surface area contributed by atoms with Gasteiger partial charge < -0.3 is 15.4 Å². The van der Waals surface area contributed by atoms with Crippen molar-refractivity contribution in [2.75, 3.05) is 30.9 Å². The summed E-state index contributed by atoms with van der Waals surface area (Å²) in [5, 5.41) is 0. The third kappa shape index (κ3) is 5.12. The van der Waals surface area contributed by atoms with Crippen molar-refractivity contribution in [1.29, 1.82) is 0 Å². The van der Waals surface area contributed by atoms with Crippen LogP contribution in [0.4, 0.5) is 24.5 Å². The quantitative estimate of drug-likeness (QED) is 0.830. The Kier molecular flexibility index (Phi) is 5.11. The highest BCUT2D eigenvalue weighted by molar-refractivity contribution is 5.95. The summed E-state index contributed by atoms with van der Waals surface area (Å²) in [6, 6.07) is 1.55. The summed E-state index contributed by atoms with van der Waals surface area (Å²) < 4.78 is 39.8. The molecule has 19 heavy (non-hydrogen) atoms. The molecule has 0 unspecified atom stereocenters. The van der Waals surface area contributed by atoms with Crippen molar-refractivity contribution >= 4 is 17.3 Å². The molecule has 1 heterocycles. The molecule has 0 saturated carbocycles. The number of rotatable bonds is 5. The van der Waals surface area contributed by atoms with Crippen LogP contribution in [0.3, 0.4) is 0 Å². The Hall–Kier alpha value is -1.83. The third-order valence-electron chi connectivity index (χ3n) is 2.29. The first kappa shape index (κ1) is 15.2. The molecule has 0 aliphatic heterocycles. The van der Waals surface area contributed by atoms with Crippen LogP contribution in [0.15, 0.2) is 18.5 Å². The molecule has 0 aromatic carbocycles. The van der Waals surface area contributed by atoms with Gasteiger partial charge in [0.2, 0.25) is 5.91 Å². The monoisotopic (exact) mass is 277 g/mol. The van der Waals surface area contributed by atoms with E-state index in [2.05, 4.69) is 9.72 Å². The number of carbonyl (C=O) groups is 1. The van der Waals surface area contributed by atoms with Crippen LogP contribution in [-0.2, 0) is 9.53 Å². The number of pyridine rings is 1. The number of nitrogens with two attached hydrogens (primary N) is 1. The summed E-state index contributed by atoms with van der Waals surface area (Å²) in [6.45, 7) is -1.66. The summed E-state index contributed by atoms with van der Waals surface area (Å²) in [5.74, 6) is -0.389. The molecule has 0 aliphatic carbocycles. The number of aromatic nitrogens is 1. The minimum Gasteiger partial charge on any atom is -0.396 e. The van der Waals surface area contributed by atoms with E-state index in [1.54, 1.807) is 6.07 Å². The zero-order valence-corrected chi connectivity index (χ0v) is 10.3. The number of hydrogen-bond acceptors (Lipinski definition) is 4. The van der Waals surface area contributed by atoms with Crippen molar-refractivity contribution in [1.82, 2.24) is 4.98 Å². The predicted octanol–water partition coefficient (Wildman–Crippen LogP) is 1.60. The molecule has 2 N–H and O–H groups in total. The van der Waals surface area contributed by atoms with Gasteiger partial charge in [-0.15, -0.1) is 0 Å². The van der Waals surface area contributed by atoms with Crippen LogP contribution in [0.25, 0.3) is 0 Å². The molecular weight excluding hydrogens is 263 g/mol. The number of nitrogens with zero attached hydrogens (tertiary/aromatic N) is 2. The van der Waals surface area contributed by atoms with Crippen LogP contribution in [0.5, 0.6) is 0 Å². The van der Waals surface area contributed by atoms with Gasteiger partial charge in [-0.05, 0) is 6.07 Å². The van der Waals surface area contributed by atoms with E-state index in [0.29, 0.717) is 11.4 Å². The Bertz CT molecular complexity index is 437. The van der Waals surface area contributed by atoms with Crippen LogP contribution in [0.1, 0.15) is 6.42 Å². The molecule has 0 saturated heterocycles. The Labute approximate surface area is 108 Å². The van der Waals surface area contributed by atoms with Gasteiger partial charge in [0.15, 0.2) is 0 Å². The molecule has 0 fully saturated rings. The fourth-order valence-electron chi connectivity index (χ4n) is 1.35. The highest BCUT2D eigenvalue weighted by Gasteiger charge is 2.27. The molecule has 8 heteroatoms. The number of anilines is 2. The summed E-state index contributed by atoms with van der Waals surface area (Å²) in [4.78, 5) is 16.7. The molecule has 0 spiro atoms. The Morgan fingerprint density at radius 2 is 2.21 bits per heavy atom. The molecule has 0 bridgehead atoms.